The fourth-order valence-electron chi connectivity index (χ4n) is 5.27. The monoisotopic (exact) mass is 603 g/mol. The van der Waals surface area contributed by atoms with Crippen molar-refractivity contribution in [3.8, 4) is 27.9 Å². The van der Waals surface area contributed by atoms with Crippen LogP contribution in [0, 0.1) is 72.0 Å². The maximum absolute atomic E-state index is 15.0. The summed E-state index contributed by atoms with van der Waals surface area (Å²) in [5.41, 5.74) is -1.99. The molecule has 0 radical (unpaired) electrons. The summed E-state index contributed by atoms with van der Waals surface area (Å²) in [6.45, 7) is 3.65. The van der Waals surface area contributed by atoms with Gasteiger partial charge in [0, 0.05) is 16.5 Å². The molecule has 5 aromatic carbocycles. The van der Waals surface area contributed by atoms with Crippen molar-refractivity contribution in [1.29, 1.82) is 0 Å². The SMILES string of the molecule is Cc1ccc2c(c1)c1cc(C)ccc1n2-c1cc(-c2c(F)c(F)c(F)c(F)c2F)cc(-c2c(F)c(F)c(F)c(F)c2F)c1. The van der Waals surface area contributed by atoms with Gasteiger partial charge in [0.2, 0.25) is 11.6 Å². The molecule has 6 aromatic rings. The Morgan fingerprint density at radius 1 is 0.395 bits per heavy atom. The summed E-state index contributed by atoms with van der Waals surface area (Å²) in [4.78, 5) is 0. The minimum atomic E-state index is -2.44. The standard InChI is InChI=1S/C32H15F10N/c1-12-3-5-19-17(7-12)18-8-13(2)4-6-20(18)43(19)16-10-14(21-23(33)27(37)31(41)28(38)24(21)34)9-15(11-16)22-25(35)29(39)32(42)30(40)26(22)36/h3-11H,1-2H3. The summed E-state index contributed by atoms with van der Waals surface area (Å²) in [6, 6.07) is 13.0. The van der Waals surface area contributed by atoms with Crippen molar-refractivity contribution in [2.75, 3.05) is 0 Å². The first kappa shape index (κ1) is 28.3. The molecule has 6 rings (SSSR count). The van der Waals surface area contributed by atoms with E-state index >= 15 is 0 Å². The van der Waals surface area contributed by atoms with Gasteiger partial charge >= 0.3 is 0 Å². The van der Waals surface area contributed by atoms with Crippen molar-refractivity contribution in [1.82, 2.24) is 4.57 Å². The molecule has 0 amide bonds. The molecule has 0 atom stereocenters. The highest BCUT2D eigenvalue weighted by Gasteiger charge is 2.30. The van der Waals surface area contributed by atoms with Crippen molar-refractivity contribution in [3.63, 3.8) is 0 Å². The molecule has 0 saturated heterocycles. The third-order valence-corrected chi connectivity index (χ3v) is 7.25. The smallest absolute Gasteiger partial charge is 0.200 e. The summed E-state index contributed by atoms with van der Waals surface area (Å²) in [7, 11) is 0. The maximum atomic E-state index is 15.0. The minimum Gasteiger partial charge on any atom is -0.309 e. The van der Waals surface area contributed by atoms with Crippen molar-refractivity contribution in [3.05, 3.63) is 124 Å². The largest absolute Gasteiger partial charge is 0.309 e. The number of hydrogen-bond acceptors (Lipinski definition) is 0. The van der Waals surface area contributed by atoms with Crippen LogP contribution >= 0.6 is 0 Å². The molecule has 218 valence electrons. The predicted octanol–water partition coefficient (Wildman–Crippen LogP) is 10.1. The molecule has 0 fully saturated rings. The molecule has 1 nitrogen and oxygen atoms in total. The van der Waals surface area contributed by atoms with E-state index in [1.54, 1.807) is 24.3 Å². The molecule has 0 spiro atoms. The van der Waals surface area contributed by atoms with Gasteiger partial charge in [-0.3, -0.25) is 0 Å². The fraction of sp³-hybridized carbons (Fsp3) is 0.0625. The first-order valence-corrected chi connectivity index (χ1v) is 12.5. The van der Waals surface area contributed by atoms with E-state index in [0.29, 0.717) is 27.9 Å². The quantitative estimate of drug-likeness (QED) is 0.108. The zero-order chi connectivity index (χ0) is 31.1. The van der Waals surface area contributed by atoms with Crippen molar-refractivity contribution in [2.45, 2.75) is 13.8 Å². The zero-order valence-electron chi connectivity index (χ0n) is 21.9. The fourth-order valence-corrected chi connectivity index (χ4v) is 5.27. The molecule has 0 N–H and O–H groups in total. The topological polar surface area (TPSA) is 4.93 Å². The lowest BCUT2D eigenvalue weighted by Crippen LogP contribution is -2.06. The van der Waals surface area contributed by atoms with Crippen LogP contribution in [-0.2, 0) is 0 Å². The van der Waals surface area contributed by atoms with Gasteiger partial charge in [-0.15, -0.1) is 0 Å². The number of halogens is 10. The lowest BCUT2D eigenvalue weighted by Gasteiger charge is -2.16. The van der Waals surface area contributed by atoms with E-state index in [0.717, 1.165) is 23.3 Å². The number of hydrogen-bond donors (Lipinski definition) is 0. The predicted molar refractivity (Wildman–Crippen MR) is 141 cm³/mol. The highest BCUT2D eigenvalue weighted by atomic mass is 19.2. The summed E-state index contributed by atoms with van der Waals surface area (Å²) in [5.74, 6) is -23.1. The first-order chi connectivity index (χ1) is 20.3. The Hall–Kier alpha value is -4.80. The van der Waals surface area contributed by atoms with Gasteiger partial charge < -0.3 is 4.57 Å². The second kappa shape index (κ2) is 9.89. The number of fused-ring (bicyclic) bond motifs is 3. The van der Waals surface area contributed by atoms with Crippen LogP contribution in [0.25, 0.3) is 49.7 Å². The maximum Gasteiger partial charge on any atom is 0.200 e. The van der Waals surface area contributed by atoms with Crippen LogP contribution in [0.4, 0.5) is 43.9 Å². The van der Waals surface area contributed by atoms with Crippen molar-refractivity contribution < 1.29 is 43.9 Å². The summed E-state index contributed by atoms with van der Waals surface area (Å²) < 4.78 is 146. The molecule has 43 heavy (non-hydrogen) atoms. The lowest BCUT2D eigenvalue weighted by atomic mass is 9.95. The number of nitrogens with zero attached hydrogens (tertiary/aromatic N) is 1. The minimum absolute atomic E-state index is 0.131. The molecule has 0 unspecified atom stereocenters. The molecule has 1 aromatic heterocycles. The van der Waals surface area contributed by atoms with Crippen molar-refractivity contribution in [2.24, 2.45) is 0 Å². The van der Waals surface area contributed by atoms with E-state index < -0.39 is 80.4 Å². The summed E-state index contributed by atoms with van der Waals surface area (Å²) in [5, 5.41) is 1.36. The van der Waals surface area contributed by atoms with Gasteiger partial charge in [-0.1, -0.05) is 23.3 Å². The molecule has 1 heterocycles. The second-order valence-corrected chi connectivity index (χ2v) is 10.0. The van der Waals surface area contributed by atoms with Gasteiger partial charge in [-0.2, -0.15) is 0 Å². The van der Waals surface area contributed by atoms with Crippen LogP contribution in [0.1, 0.15) is 11.1 Å². The van der Waals surface area contributed by atoms with Gasteiger partial charge in [0.15, 0.2) is 46.5 Å². The number of aromatic nitrogens is 1. The molecule has 0 aliphatic heterocycles. The van der Waals surface area contributed by atoms with E-state index in [2.05, 4.69) is 0 Å². The summed E-state index contributed by atoms with van der Waals surface area (Å²) in [6.07, 6.45) is 0. The molecule has 0 aliphatic rings. The van der Waals surface area contributed by atoms with Crippen LogP contribution in [-0.4, -0.2) is 4.57 Å². The Morgan fingerprint density at radius 2 is 0.721 bits per heavy atom. The summed E-state index contributed by atoms with van der Waals surface area (Å²) >= 11 is 0. The van der Waals surface area contributed by atoms with E-state index in [9.17, 15) is 43.9 Å². The molecule has 11 heteroatoms. The molecule has 0 aliphatic carbocycles. The average molecular weight is 603 g/mol. The van der Waals surface area contributed by atoms with E-state index in [1.165, 1.54) is 4.57 Å². The van der Waals surface area contributed by atoms with Gasteiger partial charge in [-0.05, 0) is 67.4 Å². The molecular formula is C32H15F10N. The van der Waals surface area contributed by atoms with Crippen molar-refractivity contribution >= 4 is 21.8 Å². The molecule has 0 bridgehead atoms. The zero-order valence-corrected chi connectivity index (χ0v) is 21.9. The highest BCUT2D eigenvalue weighted by molar-refractivity contribution is 6.10. The number of aryl methyl sites for hydroxylation is 2. The van der Waals surface area contributed by atoms with E-state index in [4.69, 9.17) is 0 Å². The molecular weight excluding hydrogens is 588 g/mol. The Balaban J connectivity index is 1.79. The van der Waals surface area contributed by atoms with Crippen LogP contribution in [0.3, 0.4) is 0 Å². The van der Waals surface area contributed by atoms with E-state index in [-0.39, 0.29) is 5.69 Å². The van der Waals surface area contributed by atoms with Crippen LogP contribution in [0.15, 0.2) is 54.6 Å². The lowest BCUT2D eigenvalue weighted by molar-refractivity contribution is 0.381. The van der Waals surface area contributed by atoms with E-state index in [1.807, 2.05) is 26.0 Å². The van der Waals surface area contributed by atoms with Gasteiger partial charge in [0.05, 0.1) is 22.2 Å². The Bertz CT molecular complexity index is 1960. The number of rotatable bonds is 3. The average Bonchev–Trinajstić information content (AvgIpc) is 3.29. The Kier molecular flexibility index (Phi) is 6.52. The van der Waals surface area contributed by atoms with Crippen LogP contribution in [0.5, 0.6) is 0 Å². The second-order valence-electron chi connectivity index (χ2n) is 10.0. The Morgan fingerprint density at radius 3 is 1.07 bits per heavy atom. The first-order valence-electron chi connectivity index (χ1n) is 12.5. The van der Waals surface area contributed by atoms with Crippen LogP contribution < -0.4 is 0 Å². The normalized spacial score (nSPS) is 11.7. The molecule has 0 saturated carbocycles. The third kappa shape index (κ3) is 4.16. The third-order valence-electron chi connectivity index (χ3n) is 7.25. The number of benzene rings is 5. The van der Waals surface area contributed by atoms with Gasteiger partial charge in [0.25, 0.3) is 0 Å². The highest BCUT2D eigenvalue weighted by Crippen LogP contribution is 2.41. The van der Waals surface area contributed by atoms with Gasteiger partial charge in [0.1, 0.15) is 0 Å². The van der Waals surface area contributed by atoms with Gasteiger partial charge in [-0.25, -0.2) is 43.9 Å². The van der Waals surface area contributed by atoms with Crippen LogP contribution in [0.2, 0.25) is 0 Å². The Labute approximate surface area is 236 Å².